The van der Waals surface area contributed by atoms with Crippen molar-refractivity contribution in [1.29, 1.82) is 0 Å². The van der Waals surface area contributed by atoms with Crippen LogP contribution in [0.25, 0.3) is 0 Å². The second-order valence-corrected chi connectivity index (χ2v) is 6.34. The van der Waals surface area contributed by atoms with E-state index in [-0.39, 0.29) is 24.6 Å². The van der Waals surface area contributed by atoms with Crippen molar-refractivity contribution in [2.24, 2.45) is 0 Å². The summed E-state index contributed by atoms with van der Waals surface area (Å²) in [5.74, 6) is -0.149. The molecule has 136 valence electrons. The summed E-state index contributed by atoms with van der Waals surface area (Å²) in [6, 6.07) is 2.94. The van der Waals surface area contributed by atoms with E-state index >= 15 is 0 Å². The van der Waals surface area contributed by atoms with Crippen molar-refractivity contribution < 1.29 is 23.2 Å². The third-order valence-electron chi connectivity index (χ3n) is 4.76. The monoisotopic (exact) mass is 360 g/mol. The minimum Gasteiger partial charge on any atom is -0.442 e. The van der Waals surface area contributed by atoms with Crippen LogP contribution in [0, 0.1) is 12.7 Å². The molecule has 1 N–H and O–H groups in total. The van der Waals surface area contributed by atoms with Crippen LogP contribution in [0.15, 0.2) is 22.9 Å². The van der Waals surface area contributed by atoms with Crippen LogP contribution in [0.1, 0.15) is 11.1 Å². The molecule has 0 unspecified atom stereocenters. The Balaban J connectivity index is 1.56. The van der Waals surface area contributed by atoms with Crippen molar-refractivity contribution in [2.45, 2.75) is 19.4 Å². The first-order chi connectivity index (χ1) is 12.5. The first-order valence-corrected chi connectivity index (χ1v) is 8.16. The molecular formula is C17H17FN4O4. The van der Waals surface area contributed by atoms with Crippen molar-refractivity contribution in [3.05, 3.63) is 35.3 Å². The maximum atomic E-state index is 14.6. The molecule has 8 nitrogen and oxygen atoms in total. The fourth-order valence-electron chi connectivity index (χ4n) is 3.37. The van der Waals surface area contributed by atoms with Crippen LogP contribution in [0.3, 0.4) is 0 Å². The van der Waals surface area contributed by atoms with Crippen LogP contribution in [0.4, 0.5) is 26.4 Å². The van der Waals surface area contributed by atoms with Gasteiger partial charge in [-0.3, -0.25) is 9.69 Å². The molecule has 1 fully saturated rings. The Bertz CT molecular complexity index is 883. The average Bonchev–Trinajstić information content (AvgIpc) is 3.31. The summed E-state index contributed by atoms with van der Waals surface area (Å²) >= 11 is 0. The zero-order valence-corrected chi connectivity index (χ0v) is 14.3. The number of hydrogen-bond donors (Lipinski definition) is 1. The number of benzene rings is 1. The Kier molecular flexibility index (Phi) is 3.78. The van der Waals surface area contributed by atoms with E-state index in [9.17, 15) is 14.0 Å². The molecule has 9 heteroatoms. The quantitative estimate of drug-likeness (QED) is 0.898. The number of cyclic esters (lactones) is 1. The van der Waals surface area contributed by atoms with Gasteiger partial charge in [0, 0.05) is 19.2 Å². The van der Waals surface area contributed by atoms with E-state index in [2.05, 4.69) is 10.5 Å². The third kappa shape index (κ3) is 2.56. The van der Waals surface area contributed by atoms with E-state index < -0.39 is 18.0 Å². The molecular weight excluding hydrogens is 343 g/mol. The van der Waals surface area contributed by atoms with Gasteiger partial charge in [0.05, 0.1) is 30.9 Å². The highest BCUT2D eigenvalue weighted by molar-refractivity contribution is 6.03. The summed E-state index contributed by atoms with van der Waals surface area (Å²) in [4.78, 5) is 26.9. The van der Waals surface area contributed by atoms with Gasteiger partial charge in [0.2, 0.25) is 5.91 Å². The van der Waals surface area contributed by atoms with Crippen molar-refractivity contribution in [3.8, 4) is 0 Å². The number of nitrogens with one attached hydrogen (secondary N) is 1. The highest BCUT2D eigenvalue weighted by atomic mass is 19.1. The topological polar surface area (TPSA) is 87.9 Å². The number of nitrogens with zero attached hydrogens (tertiary/aromatic N) is 3. The van der Waals surface area contributed by atoms with Gasteiger partial charge in [0.25, 0.3) is 0 Å². The molecule has 2 aliphatic heterocycles. The Morgan fingerprint density at radius 3 is 2.96 bits per heavy atom. The number of carbonyl (C=O) groups is 2. The Morgan fingerprint density at radius 2 is 2.23 bits per heavy atom. The van der Waals surface area contributed by atoms with Gasteiger partial charge in [-0.25, -0.2) is 9.18 Å². The molecule has 2 aromatic rings. The average molecular weight is 360 g/mol. The smallest absolute Gasteiger partial charge is 0.414 e. The molecule has 0 saturated carbocycles. The van der Waals surface area contributed by atoms with Gasteiger partial charge >= 0.3 is 6.09 Å². The molecule has 1 aromatic heterocycles. The van der Waals surface area contributed by atoms with Gasteiger partial charge in [-0.1, -0.05) is 5.16 Å². The molecule has 2 aliphatic rings. The Morgan fingerprint density at radius 1 is 1.42 bits per heavy atom. The molecule has 1 saturated heterocycles. The van der Waals surface area contributed by atoms with Gasteiger partial charge in [0.15, 0.2) is 5.82 Å². The second kappa shape index (κ2) is 6.01. The van der Waals surface area contributed by atoms with Crippen LogP contribution in [-0.2, 0) is 16.0 Å². The molecule has 26 heavy (non-hydrogen) atoms. The number of rotatable bonds is 4. The van der Waals surface area contributed by atoms with Gasteiger partial charge in [-0.2, -0.15) is 0 Å². The van der Waals surface area contributed by atoms with Crippen molar-refractivity contribution in [3.63, 3.8) is 0 Å². The van der Waals surface area contributed by atoms with Crippen LogP contribution in [-0.4, -0.2) is 43.4 Å². The maximum absolute atomic E-state index is 14.6. The fraction of sp³-hybridized carbons (Fsp3) is 0.353. The SMILES string of the molecule is Cc1c(N2C[C@H](CNc3ccon3)OC2=O)cc(F)c2c1CC(=O)N2C. The normalized spacial score (nSPS) is 19.1. The summed E-state index contributed by atoms with van der Waals surface area (Å²) in [6.45, 7) is 2.41. The summed E-state index contributed by atoms with van der Waals surface area (Å²) in [5, 5.41) is 6.73. The van der Waals surface area contributed by atoms with E-state index in [1.807, 2.05) is 0 Å². The lowest BCUT2D eigenvalue weighted by Gasteiger charge is -2.20. The molecule has 0 spiro atoms. The lowest BCUT2D eigenvalue weighted by molar-refractivity contribution is -0.117. The Hall–Kier alpha value is -3.10. The molecule has 1 atom stereocenters. The molecule has 3 heterocycles. The molecule has 1 aromatic carbocycles. The number of ether oxygens (including phenoxy) is 1. The Labute approximate surface area is 148 Å². The first kappa shape index (κ1) is 16.4. The van der Waals surface area contributed by atoms with Crippen molar-refractivity contribution >= 4 is 29.2 Å². The third-order valence-corrected chi connectivity index (χ3v) is 4.76. The highest BCUT2D eigenvalue weighted by Crippen LogP contribution is 2.39. The summed E-state index contributed by atoms with van der Waals surface area (Å²) in [7, 11) is 1.55. The lowest BCUT2D eigenvalue weighted by Crippen LogP contribution is -2.28. The van der Waals surface area contributed by atoms with Gasteiger partial charge < -0.3 is 19.5 Å². The van der Waals surface area contributed by atoms with Crippen LogP contribution in [0.5, 0.6) is 0 Å². The lowest BCUT2D eigenvalue weighted by atomic mass is 10.0. The van der Waals surface area contributed by atoms with E-state index in [0.29, 0.717) is 29.2 Å². The minimum absolute atomic E-state index is 0.127. The minimum atomic E-state index is -0.544. The summed E-state index contributed by atoms with van der Waals surface area (Å²) in [5.41, 5.74) is 2.04. The molecule has 4 rings (SSSR count). The fourth-order valence-corrected chi connectivity index (χ4v) is 3.37. The predicted molar refractivity (Wildman–Crippen MR) is 90.9 cm³/mol. The highest BCUT2D eigenvalue weighted by Gasteiger charge is 2.37. The van der Waals surface area contributed by atoms with Crippen LogP contribution < -0.4 is 15.1 Å². The van der Waals surface area contributed by atoms with E-state index in [1.54, 1.807) is 20.0 Å². The molecule has 0 aliphatic carbocycles. The molecule has 0 radical (unpaired) electrons. The van der Waals surface area contributed by atoms with Gasteiger partial charge in [-0.15, -0.1) is 0 Å². The van der Waals surface area contributed by atoms with E-state index in [0.717, 1.165) is 0 Å². The number of anilines is 3. The first-order valence-electron chi connectivity index (χ1n) is 8.16. The number of hydrogen-bond acceptors (Lipinski definition) is 6. The summed E-state index contributed by atoms with van der Waals surface area (Å²) < 4.78 is 24.6. The zero-order chi connectivity index (χ0) is 18.4. The number of likely N-dealkylation sites (N-methyl/N-ethyl adjacent to an activating group) is 1. The standard InChI is InChI=1S/C17H17FN4O4/c1-9-11-5-15(23)21(2)16(11)12(18)6-13(9)22-8-10(26-17(22)24)7-19-14-3-4-25-20-14/h3-4,6,10H,5,7-8H2,1-2H3,(H,19,20)/t10-/m0/s1. The largest absolute Gasteiger partial charge is 0.442 e. The number of halogens is 1. The van der Waals surface area contributed by atoms with E-state index in [1.165, 1.54) is 22.1 Å². The van der Waals surface area contributed by atoms with Crippen LogP contribution >= 0.6 is 0 Å². The number of aromatic nitrogens is 1. The number of carbonyl (C=O) groups excluding carboxylic acids is 2. The van der Waals surface area contributed by atoms with Crippen molar-refractivity contribution in [1.82, 2.24) is 5.16 Å². The van der Waals surface area contributed by atoms with Gasteiger partial charge in [-0.05, 0) is 18.1 Å². The second-order valence-electron chi connectivity index (χ2n) is 6.34. The molecule has 2 amide bonds. The van der Waals surface area contributed by atoms with Crippen molar-refractivity contribution in [2.75, 3.05) is 35.3 Å². The van der Waals surface area contributed by atoms with Crippen LogP contribution in [0.2, 0.25) is 0 Å². The number of fused-ring (bicyclic) bond motifs is 1. The predicted octanol–water partition coefficient (Wildman–Crippen LogP) is 2.08. The maximum Gasteiger partial charge on any atom is 0.414 e. The number of amides is 2. The van der Waals surface area contributed by atoms with E-state index in [4.69, 9.17) is 9.26 Å². The summed E-state index contributed by atoms with van der Waals surface area (Å²) in [6.07, 6.45) is 0.600. The zero-order valence-electron chi connectivity index (χ0n) is 14.3. The molecule has 0 bridgehead atoms. The van der Waals surface area contributed by atoms with Gasteiger partial charge in [0.1, 0.15) is 18.2 Å².